The Kier molecular flexibility index (Phi) is 11.9. The van der Waals surface area contributed by atoms with Crippen molar-refractivity contribution < 1.29 is 4.79 Å². The van der Waals surface area contributed by atoms with E-state index in [1.54, 1.807) is 19.0 Å². The van der Waals surface area contributed by atoms with Gasteiger partial charge in [-0.1, -0.05) is 29.8 Å². The molecule has 1 rings (SSSR count). The van der Waals surface area contributed by atoms with Crippen LogP contribution >= 0.6 is 35.6 Å². The fourth-order valence-corrected chi connectivity index (χ4v) is 2.08. The highest BCUT2D eigenvalue weighted by Crippen LogP contribution is 2.14. The van der Waals surface area contributed by atoms with E-state index < -0.39 is 0 Å². The monoisotopic (exact) mass is 452 g/mol. The Morgan fingerprint density at radius 1 is 1.26 bits per heavy atom. The van der Waals surface area contributed by atoms with Gasteiger partial charge in [0.25, 0.3) is 0 Å². The van der Waals surface area contributed by atoms with Crippen LogP contribution in [0.3, 0.4) is 0 Å². The Balaban J connectivity index is 0.00000484. The van der Waals surface area contributed by atoms with Crippen molar-refractivity contribution in [3.05, 3.63) is 34.9 Å². The van der Waals surface area contributed by atoms with E-state index in [-0.39, 0.29) is 29.9 Å². The highest BCUT2D eigenvalue weighted by atomic mass is 127. The van der Waals surface area contributed by atoms with Crippen LogP contribution in [0.5, 0.6) is 0 Å². The van der Waals surface area contributed by atoms with Crippen LogP contribution in [-0.4, -0.2) is 50.5 Å². The molecule has 0 spiro atoms. The van der Waals surface area contributed by atoms with Crippen molar-refractivity contribution in [1.29, 1.82) is 0 Å². The molecule has 0 saturated heterocycles. The third-order valence-corrected chi connectivity index (χ3v) is 3.45. The molecule has 0 bridgehead atoms. The third kappa shape index (κ3) is 9.00. The molecule has 1 aromatic carbocycles. The molecule has 130 valence electrons. The first-order valence-electron chi connectivity index (χ1n) is 7.50. The summed E-state index contributed by atoms with van der Waals surface area (Å²) in [7, 11) is 3.50. The average Bonchev–Trinajstić information content (AvgIpc) is 2.49. The van der Waals surface area contributed by atoms with Gasteiger partial charge in [0.1, 0.15) is 0 Å². The number of guanidine groups is 1. The summed E-state index contributed by atoms with van der Waals surface area (Å²) >= 11 is 6.13. The van der Waals surface area contributed by atoms with Gasteiger partial charge in [0.15, 0.2) is 5.96 Å². The zero-order valence-corrected chi connectivity index (χ0v) is 17.0. The number of carbonyl (C=O) groups is 1. The number of amides is 1. The standard InChI is InChI=1S/C16H25ClN4O.HI/c1-4-18-16(20-12-10-15(22)21(2)3)19-11-9-13-7-5-6-8-14(13)17;/h5-8H,4,9-12H2,1-3H3,(H2,18,19,20);1H. The first kappa shape index (κ1) is 22.0. The fourth-order valence-electron chi connectivity index (χ4n) is 1.85. The van der Waals surface area contributed by atoms with E-state index in [9.17, 15) is 4.79 Å². The summed E-state index contributed by atoms with van der Waals surface area (Å²) in [5.74, 6) is 0.803. The average molecular weight is 453 g/mol. The molecule has 23 heavy (non-hydrogen) atoms. The number of nitrogens with zero attached hydrogens (tertiary/aromatic N) is 2. The van der Waals surface area contributed by atoms with Gasteiger partial charge in [-0.05, 0) is 25.0 Å². The molecule has 0 fully saturated rings. The summed E-state index contributed by atoms with van der Waals surface area (Å²) < 4.78 is 0. The van der Waals surface area contributed by atoms with Crippen molar-refractivity contribution >= 4 is 47.4 Å². The summed E-state index contributed by atoms with van der Waals surface area (Å²) in [5.41, 5.74) is 1.11. The lowest BCUT2D eigenvalue weighted by molar-refractivity contribution is -0.128. The Morgan fingerprint density at radius 2 is 1.96 bits per heavy atom. The van der Waals surface area contributed by atoms with E-state index in [0.29, 0.717) is 13.0 Å². The van der Waals surface area contributed by atoms with Crippen LogP contribution in [-0.2, 0) is 11.2 Å². The third-order valence-electron chi connectivity index (χ3n) is 3.08. The van der Waals surface area contributed by atoms with Crippen molar-refractivity contribution in [3.63, 3.8) is 0 Å². The van der Waals surface area contributed by atoms with Gasteiger partial charge in [-0.3, -0.25) is 9.79 Å². The molecule has 0 aliphatic rings. The van der Waals surface area contributed by atoms with E-state index in [2.05, 4.69) is 15.6 Å². The number of hydrogen-bond donors (Lipinski definition) is 2. The predicted molar refractivity (Wildman–Crippen MR) is 108 cm³/mol. The summed E-state index contributed by atoms with van der Waals surface area (Å²) in [6, 6.07) is 7.81. The molecule has 1 amide bonds. The van der Waals surface area contributed by atoms with Gasteiger partial charge in [0.05, 0.1) is 6.54 Å². The molecule has 0 radical (unpaired) electrons. The minimum absolute atomic E-state index is 0. The van der Waals surface area contributed by atoms with Crippen LogP contribution in [0, 0.1) is 0 Å². The van der Waals surface area contributed by atoms with E-state index in [1.807, 2.05) is 31.2 Å². The molecule has 0 aliphatic carbocycles. The summed E-state index contributed by atoms with van der Waals surface area (Å²) in [6.07, 6.45) is 1.23. The van der Waals surface area contributed by atoms with Crippen LogP contribution in [0.4, 0.5) is 0 Å². The molecule has 1 aromatic rings. The van der Waals surface area contributed by atoms with Crippen LogP contribution in [0.25, 0.3) is 0 Å². The van der Waals surface area contributed by atoms with E-state index >= 15 is 0 Å². The van der Waals surface area contributed by atoms with Gasteiger partial charge in [-0.15, -0.1) is 24.0 Å². The summed E-state index contributed by atoms with van der Waals surface area (Å²) in [4.78, 5) is 17.5. The second-order valence-corrected chi connectivity index (χ2v) is 5.47. The van der Waals surface area contributed by atoms with Crippen LogP contribution in [0.1, 0.15) is 18.9 Å². The SMILES string of the molecule is CCNC(=NCCC(=O)N(C)C)NCCc1ccccc1Cl.I. The maximum atomic E-state index is 11.5. The van der Waals surface area contributed by atoms with Crippen LogP contribution in [0.15, 0.2) is 29.3 Å². The minimum atomic E-state index is 0. The molecule has 2 N–H and O–H groups in total. The molecule has 0 saturated carbocycles. The highest BCUT2D eigenvalue weighted by molar-refractivity contribution is 14.0. The second-order valence-electron chi connectivity index (χ2n) is 5.07. The Labute approximate surface area is 160 Å². The summed E-state index contributed by atoms with van der Waals surface area (Å²) in [6.45, 7) is 3.99. The first-order valence-corrected chi connectivity index (χ1v) is 7.88. The number of carbonyl (C=O) groups excluding carboxylic acids is 1. The molecule has 0 unspecified atom stereocenters. The highest BCUT2D eigenvalue weighted by Gasteiger charge is 2.04. The lowest BCUT2D eigenvalue weighted by atomic mass is 10.1. The molecule has 7 heteroatoms. The van der Waals surface area contributed by atoms with E-state index in [1.165, 1.54) is 0 Å². The largest absolute Gasteiger partial charge is 0.357 e. The maximum Gasteiger partial charge on any atom is 0.223 e. The van der Waals surface area contributed by atoms with Crippen molar-refractivity contribution in [2.75, 3.05) is 33.7 Å². The van der Waals surface area contributed by atoms with Gasteiger partial charge in [-0.2, -0.15) is 0 Å². The summed E-state index contributed by atoms with van der Waals surface area (Å²) in [5, 5.41) is 7.20. The van der Waals surface area contributed by atoms with Crippen molar-refractivity contribution in [1.82, 2.24) is 15.5 Å². The van der Waals surface area contributed by atoms with E-state index in [4.69, 9.17) is 11.6 Å². The Morgan fingerprint density at radius 3 is 2.57 bits per heavy atom. The van der Waals surface area contributed by atoms with Crippen LogP contribution in [0.2, 0.25) is 5.02 Å². The van der Waals surface area contributed by atoms with Crippen molar-refractivity contribution in [2.24, 2.45) is 4.99 Å². The smallest absolute Gasteiger partial charge is 0.223 e. The van der Waals surface area contributed by atoms with Gasteiger partial charge in [0, 0.05) is 38.6 Å². The topological polar surface area (TPSA) is 56.7 Å². The minimum Gasteiger partial charge on any atom is -0.357 e. The number of hydrogen-bond acceptors (Lipinski definition) is 2. The molecular weight excluding hydrogens is 427 g/mol. The molecule has 0 heterocycles. The molecule has 0 aromatic heterocycles. The van der Waals surface area contributed by atoms with Crippen LogP contribution < -0.4 is 10.6 Å². The maximum absolute atomic E-state index is 11.5. The first-order chi connectivity index (χ1) is 10.5. The fraction of sp³-hybridized carbons (Fsp3) is 0.500. The molecule has 0 aliphatic heterocycles. The van der Waals surface area contributed by atoms with Gasteiger partial charge >= 0.3 is 0 Å². The molecular formula is C16H26ClIN4O. The second kappa shape index (κ2) is 12.4. The number of benzene rings is 1. The molecule has 0 atom stereocenters. The number of halogens is 2. The van der Waals surface area contributed by atoms with Crippen molar-refractivity contribution in [3.8, 4) is 0 Å². The van der Waals surface area contributed by atoms with E-state index in [0.717, 1.165) is 36.1 Å². The van der Waals surface area contributed by atoms with Gasteiger partial charge < -0.3 is 15.5 Å². The lowest BCUT2D eigenvalue weighted by Crippen LogP contribution is -2.38. The number of rotatable bonds is 7. The quantitative estimate of drug-likeness (QED) is 0.380. The lowest BCUT2D eigenvalue weighted by Gasteiger charge is -2.12. The number of aliphatic imine (C=N–C) groups is 1. The van der Waals surface area contributed by atoms with Gasteiger partial charge in [0.2, 0.25) is 5.91 Å². The Hall–Kier alpha value is -1.02. The zero-order valence-electron chi connectivity index (χ0n) is 13.9. The Bertz CT molecular complexity index is 509. The predicted octanol–water partition coefficient (Wildman–Crippen LogP) is 2.53. The number of nitrogens with one attached hydrogen (secondary N) is 2. The zero-order chi connectivity index (χ0) is 16.4. The van der Waals surface area contributed by atoms with Gasteiger partial charge in [-0.25, -0.2) is 0 Å². The van der Waals surface area contributed by atoms with Crippen molar-refractivity contribution in [2.45, 2.75) is 19.8 Å². The molecule has 5 nitrogen and oxygen atoms in total. The normalized spacial score (nSPS) is 10.7.